The summed E-state index contributed by atoms with van der Waals surface area (Å²) in [4.78, 5) is 31.3. The van der Waals surface area contributed by atoms with Crippen LogP contribution >= 0.6 is 0 Å². The molecule has 9 heteroatoms. The van der Waals surface area contributed by atoms with Crippen LogP contribution in [-0.4, -0.2) is 65.1 Å². The van der Waals surface area contributed by atoms with Gasteiger partial charge in [-0.15, -0.1) is 0 Å². The molecule has 2 aromatic rings. The van der Waals surface area contributed by atoms with E-state index in [1.165, 1.54) is 24.4 Å². The summed E-state index contributed by atoms with van der Waals surface area (Å²) in [6.07, 6.45) is 1.18. The molecule has 8 nitrogen and oxygen atoms in total. The average Bonchev–Trinajstić information content (AvgIpc) is 2.81. The molecule has 0 unspecified atom stereocenters. The molecule has 192 valence electrons. The van der Waals surface area contributed by atoms with Gasteiger partial charge in [-0.2, -0.15) is 5.26 Å². The standard InChI is InChI=1S/C27H33FN4O4/c1-26(2,17-32-7-9-36-10-8-32)21-15-22(28)19(14-24(21)34)13-20(33)11-18-5-6-30-23(12-18)25(35)31-27(3,4)16-29/h5-6,12,14-15,34H,7-11,13,17H2,1-4H3,(H,31,35). The number of benzene rings is 1. The Morgan fingerprint density at radius 3 is 2.56 bits per heavy atom. The summed E-state index contributed by atoms with van der Waals surface area (Å²) in [5, 5.41) is 22.4. The second-order valence-electron chi connectivity index (χ2n) is 10.4. The van der Waals surface area contributed by atoms with Gasteiger partial charge in [0.2, 0.25) is 0 Å². The zero-order valence-corrected chi connectivity index (χ0v) is 21.2. The van der Waals surface area contributed by atoms with Crippen molar-refractivity contribution in [2.75, 3.05) is 32.8 Å². The van der Waals surface area contributed by atoms with Crippen molar-refractivity contribution in [3.05, 3.63) is 58.7 Å². The van der Waals surface area contributed by atoms with Crippen molar-refractivity contribution in [3.8, 4) is 11.8 Å². The molecule has 2 N–H and O–H groups in total. The Hall–Kier alpha value is -3.35. The monoisotopic (exact) mass is 496 g/mol. The molecule has 1 aliphatic heterocycles. The highest BCUT2D eigenvalue weighted by Crippen LogP contribution is 2.34. The van der Waals surface area contributed by atoms with E-state index in [2.05, 4.69) is 15.2 Å². The van der Waals surface area contributed by atoms with Gasteiger partial charge in [0.25, 0.3) is 5.91 Å². The summed E-state index contributed by atoms with van der Waals surface area (Å²) in [5.41, 5.74) is -0.326. The van der Waals surface area contributed by atoms with Crippen molar-refractivity contribution < 1.29 is 23.8 Å². The number of hydrogen-bond donors (Lipinski definition) is 2. The molecule has 1 saturated heterocycles. The third-order valence-corrected chi connectivity index (χ3v) is 6.17. The van der Waals surface area contributed by atoms with Crippen LogP contribution in [0.4, 0.5) is 4.39 Å². The van der Waals surface area contributed by atoms with E-state index in [0.29, 0.717) is 30.9 Å². The molecule has 3 rings (SSSR count). The quantitative estimate of drug-likeness (QED) is 0.548. The largest absolute Gasteiger partial charge is 0.508 e. The number of phenolic OH excluding ortho intramolecular Hbond substituents is 1. The number of phenols is 1. The van der Waals surface area contributed by atoms with Gasteiger partial charge in [-0.3, -0.25) is 19.5 Å². The smallest absolute Gasteiger partial charge is 0.271 e. The van der Waals surface area contributed by atoms with E-state index in [9.17, 15) is 14.7 Å². The second kappa shape index (κ2) is 11.1. The number of halogens is 1. The van der Waals surface area contributed by atoms with Gasteiger partial charge in [-0.25, -0.2) is 4.39 Å². The Morgan fingerprint density at radius 2 is 1.89 bits per heavy atom. The highest BCUT2D eigenvalue weighted by atomic mass is 19.1. The van der Waals surface area contributed by atoms with E-state index in [0.717, 1.165) is 13.1 Å². The summed E-state index contributed by atoms with van der Waals surface area (Å²) < 4.78 is 20.4. The van der Waals surface area contributed by atoms with Crippen molar-refractivity contribution in [2.45, 2.75) is 51.5 Å². The summed E-state index contributed by atoms with van der Waals surface area (Å²) in [7, 11) is 0. The minimum Gasteiger partial charge on any atom is -0.508 e. The molecule has 0 bridgehead atoms. The molecule has 0 atom stereocenters. The van der Waals surface area contributed by atoms with Gasteiger partial charge in [0, 0.05) is 49.7 Å². The minimum absolute atomic E-state index is 0.0328. The molecular weight excluding hydrogens is 463 g/mol. The lowest BCUT2D eigenvalue weighted by Gasteiger charge is -2.35. The first-order valence-corrected chi connectivity index (χ1v) is 11.9. The van der Waals surface area contributed by atoms with E-state index >= 15 is 4.39 Å². The normalized spacial score (nSPS) is 14.8. The predicted octanol–water partition coefficient (Wildman–Crippen LogP) is 2.92. The molecule has 0 saturated carbocycles. The summed E-state index contributed by atoms with van der Waals surface area (Å²) in [6, 6.07) is 7.72. The van der Waals surface area contributed by atoms with Crippen LogP contribution in [0.2, 0.25) is 0 Å². The fourth-order valence-corrected chi connectivity index (χ4v) is 4.27. The van der Waals surface area contributed by atoms with Crippen LogP contribution in [0.5, 0.6) is 5.75 Å². The lowest BCUT2D eigenvalue weighted by Crippen LogP contribution is -2.43. The van der Waals surface area contributed by atoms with Crippen molar-refractivity contribution >= 4 is 11.7 Å². The minimum atomic E-state index is -1.06. The van der Waals surface area contributed by atoms with Gasteiger partial charge in [0.15, 0.2) is 0 Å². The number of aromatic hydroxyl groups is 1. The molecule has 1 amide bonds. The molecule has 0 aliphatic carbocycles. The third kappa shape index (κ3) is 7.09. The fourth-order valence-electron chi connectivity index (χ4n) is 4.27. The maximum absolute atomic E-state index is 15.0. The number of nitrogens with one attached hydrogen (secondary N) is 1. The van der Waals surface area contributed by atoms with Crippen LogP contribution in [0, 0.1) is 17.1 Å². The fraction of sp³-hybridized carbons (Fsp3) is 0.481. The molecule has 36 heavy (non-hydrogen) atoms. The maximum atomic E-state index is 15.0. The van der Waals surface area contributed by atoms with Crippen molar-refractivity contribution in [2.24, 2.45) is 0 Å². The number of amides is 1. The van der Waals surface area contributed by atoms with Gasteiger partial charge in [0.05, 0.1) is 19.3 Å². The number of nitrogens with zero attached hydrogens (tertiary/aromatic N) is 3. The van der Waals surface area contributed by atoms with E-state index < -0.39 is 22.7 Å². The van der Waals surface area contributed by atoms with E-state index in [4.69, 9.17) is 10.00 Å². The molecular formula is C27H33FN4O4. The zero-order chi connectivity index (χ0) is 26.5. The Balaban J connectivity index is 1.68. The number of nitriles is 1. The molecule has 1 aromatic carbocycles. The molecule has 1 fully saturated rings. The van der Waals surface area contributed by atoms with E-state index in [1.807, 2.05) is 19.9 Å². The first-order valence-electron chi connectivity index (χ1n) is 11.9. The number of aromatic nitrogens is 1. The van der Waals surface area contributed by atoms with Crippen molar-refractivity contribution in [1.29, 1.82) is 5.26 Å². The summed E-state index contributed by atoms with van der Waals surface area (Å²) in [5.74, 6) is -1.38. The Kier molecular flexibility index (Phi) is 8.43. The highest BCUT2D eigenvalue weighted by Gasteiger charge is 2.29. The van der Waals surface area contributed by atoms with E-state index in [1.54, 1.807) is 19.9 Å². The molecule has 1 aromatic heterocycles. The lowest BCUT2D eigenvalue weighted by atomic mass is 9.82. The number of carbonyl (C=O) groups is 2. The van der Waals surface area contributed by atoms with Crippen LogP contribution in [0.1, 0.15) is 54.9 Å². The number of morpholine rings is 1. The van der Waals surface area contributed by atoms with Gasteiger partial charge in [0.1, 0.15) is 28.6 Å². The zero-order valence-electron chi connectivity index (χ0n) is 21.2. The highest BCUT2D eigenvalue weighted by molar-refractivity contribution is 5.93. The molecule has 2 heterocycles. The Labute approximate surface area is 211 Å². The van der Waals surface area contributed by atoms with Crippen LogP contribution in [0.3, 0.4) is 0 Å². The first kappa shape index (κ1) is 27.2. The predicted molar refractivity (Wildman–Crippen MR) is 132 cm³/mol. The number of ketones is 1. The Bertz CT molecular complexity index is 1170. The number of ether oxygens (including phenoxy) is 1. The van der Waals surface area contributed by atoms with Crippen molar-refractivity contribution in [1.82, 2.24) is 15.2 Å². The third-order valence-electron chi connectivity index (χ3n) is 6.17. The number of pyridine rings is 1. The number of Topliss-reactive ketones (excluding diaryl/α,β-unsaturated/α-hetero) is 1. The van der Waals surface area contributed by atoms with Crippen molar-refractivity contribution in [3.63, 3.8) is 0 Å². The maximum Gasteiger partial charge on any atom is 0.271 e. The van der Waals surface area contributed by atoms with Gasteiger partial charge >= 0.3 is 0 Å². The first-order chi connectivity index (χ1) is 16.9. The topological polar surface area (TPSA) is 116 Å². The Morgan fingerprint density at radius 1 is 1.19 bits per heavy atom. The van der Waals surface area contributed by atoms with Crippen LogP contribution < -0.4 is 5.32 Å². The molecule has 0 spiro atoms. The van der Waals surface area contributed by atoms with Crippen LogP contribution in [0.25, 0.3) is 0 Å². The molecule has 0 radical (unpaired) electrons. The van der Waals surface area contributed by atoms with Crippen LogP contribution in [-0.2, 0) is 27.8 Å². The summed E-state index contributed by atoms with van der Waals surface area (Å²) >= 11 is 0. The second-order valence-corrected chi connectivity index (χ2v) is 10.4. The SMILES string of the molecule is CC(C)(C#N)NC(=O)c1cc(CC(=O)Cc2cc(O)c(C(C)(C)CN3CCOCC3)cc2F)ccn1. The lowest BCUT2D eigenvalue weighted by molar-refractivity contribution is -0.117. The van der Waals surface area contributed by atoms with Crippen LogP contribution in [0.15, 0.2) is 30.5 Å². The number of rotatable bonds is 9. The van der Waals surface area contributed by atoms with Gasteiger partial charge in [-0.1, -0.05) is 13.8 Å². The number of hydrogen-bond acceptors (Lipinski definition) is 7. The van der Waals surface area contributed by atoms with Gasteiger partial charge < -0.3 is 15.2 Å². The molecule has 1 aliphatic rings. The average molecular weight is 497 g/mol. The summed E-state index contributed by atoms with van der Waals surface area (Å²) in [6.45, 7) is 10.6. The number of carbonyl (C=O) groups excluding carboxylic acids is 2. The van der Waals surface area contributed by atoms with E-state index in [-0.39, 0.29) is 35.6 Å². The van der Waals surface area contributed by atoms with Gasteiger partial charge in [-0.05, 0) is 49.2 Å².